The number of phosphoric ester groups is 2. The van der Waals surface area contributed by atoms with E-state index in [1.165, 1.54) is 75.7 Å². The van der Waals surface area contributed by atoms with Crippen LogP contribution in [0, 0.1) is 0 Å². The van der Waals surface area contributed by atoms with Gasteiger partial charge in [-0.15, -0.1) is 0 Å². The minimum Gasteiger partial charge on any atom is -0.480 e. The van der Waals surface area contributed by atoms with E-state index in [2.05, 4.69) is 173 Å². The normalized spacial score (nSPS) is 19.8. The summed E-state index contributed by atoms with van der Waals surface area (Å²) in [6.07, 6.45) is 34.2. The highest BCUT2D eigenvalue weighted by molar-refractivity contribution is 7.61. The van der Waals surface area contributed by atoms with Gasteiger partial charge in [-0.3, -0.25) is 47.4 Å². The zero-order valence-corrected chi connectivity index (χ0v) is 75.3. The number of carbonyl (C=O) groups excluding carboxylic acids is 6. The number of hydrogen-bond acceptors (Lipinski definition) is 19. The van der Waals surface area contributed by atoms with E-state index in [1.54, 1.807) is 6.92 Å². The molecule has 14 atom stereocenters. The molecule has 0 aromatic carbocycles. The van der Waals surface area contributed by atoms with Crippen LogP contribution in [-0.4, -0.2) is 175 Å². The van der Waals surface area contributed by atoms with Crippen LogP contribution in [0.4, 0.5) is 0 Å². The average molecular weight is 1720 g/mol. The van der Waals surface area contributed by atoms with E-state index in [0.29, 0.717) is 12.8 Å². The Morgan fingerprint density at radius 3 is 1.17 bits per heavy atom. The minimum absolute atomic E-state index is 0.0337. The number of aliphatic carboxylic acids is 3. The summed E-state index contributed by atoms with van der Waals surface area (Å²) in [5.41, 5.74) is 20.5. The van der Waals surface area contributed by atoms with E-state index in [9.17, 15) is 82.5 Å². The number of aliphatic hydroxyl groups excluding tert-OH is 2. The number of carbonyl (C=O) groups is 9. The lowest BCUT2D eigenvalue weighted by atomic mass is 9.96. The lowest BCUT2D eigenvalue weighted by Gasteiger charge is -2.44. The second-order valence-corrected chi connectivity index (χ2v) is 34.7. The molecule has 1 rings (SSSR count). The van der Waals surface area contributed by atoms with Crippen molar-refractivity contribution in [1.82, 2.24) is 31.9 Å². The molecule has 0 radical (unpaired) electrons. The van der Waals surface area contributed by atoms with Gasteiger partial charge < -0.3 is 82.4 Å². The molecule has 0 saturated carbocycles. The first-order valence-corrected chi connectivity index (χ1v) is 44.5. The quantitative estimate of drug-likeness (QED) is 0.0199. The molecule has 119 heavy (non-hydrogen) atoms. The maximum Gasteiger partial charge on any atom is 0.483 e. The lowest BCUT2D eigenvalue weighted by Crippen LogP contribution is -2.66. The summed E-state index contributed by atoms with van der Waals surface area (Å²) < 4.78 is 52.4. The molecule has 0 aliphatic carbocycles. The number of rotatable bonds is 60. The molecule has 1 aliphatic heterocycles. The van der Waals surface area contributed by atoms with Crippen LogP contribution in [0.1, 0.15) is 278 Å². The van der Waals surface area contributed by atoms with Gasteiger partial charge in [-0.1, -0.05) is 128 Å². The molecular formula is C87H143N7O23P2. The number of amides is 6. The first kappa shape index (κ1) is 109. The average Bonchev–Trinajstić information content (AvgIpc) is 0.782. The van der Waals surface area contributed by atoms with Crippen molar-refractivity contribution in [2.75, 3.05) is 13.2 Å². The second-order valence-electron chi connectivity index (χ2n) is 31.7. The van der Waals surface area contributed by atoms with Crippen LogP contribution in [0.25, 0.3) is 0 Å². The Labute approximate surface area is 706 Å². The molecule has 0 spiro atoms. The topological polar surface area (TPSA) is 474 Å². The molecule has 0 bridgehead atoms. The number of ether oxygens (including phenoxy) is 2. The van der Waals surface area contributed by atoms with Crippen molar-refractivity contribution in [3.63, 3.8) is 0 Å². The van der Waals surface area contributed by atoms with Crippen molar-refractivity contribution in [2.24, 2.45) is 5.73 Å². The fourth-order valence-electron chi connectivity index (χ4n) is 12.3. The van der Waals surface area contributed by atoms with Gasteiger partial charge >= 0.3 is 33.6 Å². The van der Waals surface area contributed by atoms with Crippen LogP contribution < -0.4 is 37.6 Å². The van der Waals surface area contributed by atoms with Crippen LogP contribution in [0.2, 0.25) is 0 Å². The summed E-state index contributed by atoms with van der Waals surface area (Å²) in [6.45, 7) is 30.1. The fourth-order valence-corrected chi connectivity index (χ4v) is 14.4. The zero-order chi connectivity index (χ0) is 90.1. The van der Waals surface area contributed by atoms with Gasteiger partial charge in [0.25, 0.3) is 0 Å². The minimum atomic E-state index is -5.76. The maximum atomic E-state index is 13.5. The zero-order valence-electron chi connectivity index (χ0n) is 73.5. The number of aliphatic hydroxyl groups is 2. The number of allylic oxidation sites excluding steroid dienone is 21. The third-order valence-electron chi connectivity index (χ3n) is 19.9. The number of nitrogens with one attached hydrogen (secondary N) is 6. The molecular weight excluding hydrogens is 1570 g/mol. The van der Waals surface area contributed by atoms with Crippen LogP contribution in [0.3, 0.4) is 0 Å². The molecule has 2 unspecified atom stereocenters. The smallest absolute Gasteiger partial charge is 0.480 e. The van der Waals surface area contributed by atoms with Crippen molar-refractivity contribution < 1.29 is 110 Å². The largest absolute Gasteiger partial charge is 0.483 e. The monoisotopic (exact) mass is 1720 g/mol. The maximum absolute atomic E-state index is 13.5. The third kappa shape index (κ3) is 51.1. The van der Waals surface area contributed by atoms with Crippen molar-refractivity contribution >= 4 is 69.0 Å². The van der Waals surface area contributed by atoms with E-state index < -0.39 is 168 Å². The van der Waals surface area contributed by atoms with Gasteiger partial charge in [0.1, 0.15) is 66.7 Å². The van der Waals surface area contributed by atoms with Crippen molar-refractivity contribution in [3.8, 4) is 0 Å². The summed E-state index contributed by atoms with van der Waals surface area (Å²) in [4.78, 5) is 135. The summed E-state index contributed by atoms with van der Waals surface area (Å²) in [7, 11) is -11.2. The Bertz CT molecular complexity index is 3740. The molecule has 32 heteroatoms. The summed E-state index contributed by atoms with van der Waals surface area (Å²) in [5, 5.41) is 63.3. The number of phosphoric acid groups is 2. The summed E-state index contributed by atoms with van der Waals surface area (Å²) in [5.74, 6) is -10.2. The van der Waals surface area contributed by atoms with Gasteiger partial charge in [-0.25, -0.2) is 13.9 Å². The Morgan fingerprint density at radius 2 is 0.807 bits per heavy atom. The Balaban J connectivity index is 2.73. The first-order chi connectivity index (χ1) is 55.7. The van der Waals surface area contributed by atoms with Gasteiger partial charge in [0.05, 0.1) is 13.2 Å². The molecule has 30 nitrogen and oxygen atoms in total. The Hall–Kier alpha value is -7.57. The van der Waals surface area contributed by atoms with E-state index in [4.69, 9.17) is 29.4 Å². The van der Waals surface area contributed by atoms with Crippen LogP contribution in [-0.2, 0) is 75.1 Å². The van der Waals surface area contributed by atoms with Crippen LogP contribution in [0.15, 0.2) is 128 Å². The highest BCUT2D eigenvalue weighted by Crippen LogP contribution is 2.61. The van der Waals surface area contributed by atoms with Gasteiger partial charge in [0.2, 0.25) is 35.4 Å². The van der Waals surface area contributed by atoms with Gasteiger partial charge in [-0.2, -0.15) is 4.31 Å². The molecule has 6 amide bonds. The standard InChI is InChI=1S/C87H143N7O23P2/c1-56(2)29-18-30-57(3)31-19-32-58(4)33-20-34-59(5)35-21-36-60(6)37-22-38-61(7)39-23-40-62(8)41-24-42-63(9)43-25-44-64(10)45-26-46-65(11)47-27-48-66(12)53-54-113-118(109,110)117-119(111,112)116-87-77(92-71(17)96)79(78(98)75(55-95)115-87)114-70(16)82(101)89-68(14)81(100)94-74(86(107)108)51-52-76(97)93-73(50-28-49-72(88)85(105)106)83(102)90-67(13)80(99)91-69(15)84(103)104/h29,31,33,35,37,39,41,43,45,47,53,67-70,72-75,77-79,87,95,98H,18-28,30,32,34,36,38,40,42,44,46,48-52,54-55,88H2,1-17H3,(H,89,101)(H,90,102)(H,91,99)(H,92,96)(H,93,97)(H,94,100)(H,103,104)(H,105,106)(H,107,108)(H,109,110)(H,111,112)/b57-31+,58-33+,59-35-,60-37-,61-39-,62-41-,63-43-,64-45-,65-47-,66-53-/t67-,68+,69-,70-,72-,73+,74-,75-,77-,78-,79-,87-/m1/s1. The van der Waals surface area contributed by atoms with Crippen molar-refractivity contribution in [1.29, 1.82) is 0 Å². The number of carboxylic acid groups (broad SMARTS) is 3. The highest BCUT2D eigenvalue weighted by Gasteiger charge is 2.51. The Morgan fingerprint density at radius 1 is 0.437 bits per heavy atom. The predicted octanol–water partition coefficient (Wildman–Crippen LogP) is 13.8. The Kier molecular flexibility index (Phi) is 54.5. The van der Waals surface area contributed by atoms with Gasteiger partial charge in [0.15, 0.2) is 6.29 Å². The summed E-state index contributed by atoms with van der Waals surface area (Å²) in [6, 6.07) is -10.6. The van der Waals surface area contributed by atoms with E-state index in [-0.39, 0.29) is 19.3 Å². The third-order valence-corrected chi connectivity index (χ3v) is 22.5. The molecule has 674 valence electrons. The predicted molar refractivity (Wildman–Crippen MR) is 461 cm³/mol. The molecule has 1 heterocycles. The molecule has 0 aromatic heterocycles. The molecule has 1 fully saturated rings. The lowest BCUT2D eigenvalue weighted by molar-refractivity contribution is -0.261. The van der Waals surface area contributed by atoms with E-state index in [0.717, 1.165) is 142 Å². The molecule has 0 aromatic rings. The van der Waals surface area contributed by atoms with Crippen LogP contribution in [0.5, 0.6) is 0 Å². The van der Waals surface area contributed by atoms with Crippen molar-refractivity contribution in [2.45, 2.75) is 351 Å². The highest BCUT2D eigenvalue weighted by atomic mass is 31.3. The van der Waals surface area contributed by atoms with E-state index in [1.807, 2.05) is 0 Å². The summed E-state index contributed by atoms with van der Waals surface area (Å²) >= 11 is 0. The first-order valence-electron chi connectivity index (χ1n) is 41.5. The number of carboxylic acids is 3. The van der Waals surface area contributed by atoms with E-state index >= 15 is 0 Å². The van der Waals surface area contributed by atoms with Crippen LogP contribution >= 0.6 is 15.6 Å². The van der Waals surface area contributed by atoms with Gasteiger partial charge in [0, 0.05) is 13.3 Å². The SMILES string of the molecule is CC(=O)N[C@H]1[C@@H](OP(=O)(O)OP(=O)(O)OC/C=C(/C)CC/C=C(/C)CC/C=C(/C)CC/C=C(/C)CC/C=C(/C)CC/C=C(/C)CC/C=C(/C)CC/C=C(/C)CC/C=C(\C)CC/C=C(\C)CCC=C(C)C)O[C@H](CO)[C@@H](O)[C@@H]1O[C@H](C)C(=O)N[C@@H](C)C(=O)N[C@H](CCC(=O)N[C@@H](CCC[C@@H](N)C(=O)O)C(=O)N[C@H](C)C(=O)N[C@H](C)C(=O)O)C(=O)O. The number of hydrogen-bond donors (Lipinski definition) is 14. The molecule has 1 aliphatic rings. The van der Waals surface area contributed by atoms with Gasteiger partial charge in [-0.05, 0) is 265 Å². The molecule has 15 N–H and O–H groups in total. The van der Waals surface area contributed by atoms with Crippen molar-refractivity contribution in [3.05, 3.63) is 128 Å². The second kappa shape index (κ2) is 59.2. The molecule has 1 saturated heterocycles. The fraction of sp³-hybridized carbons (Fsp3) is 0.644. The number of nitrogens with two attached hydrogens (primary N) is 1.